The number of hydrogen-bond acceptors (Lipinski definition) is 3. The quantitative estimate of drug-likeness (QED) is 0.456. The van der Waals surface area contributed by atoms with Crippen LogP contribution in [0, 0.1) is 11.3 Å². The molecule has 3 aromatic carbocycles. The maximum Gasteiger partial charge on any atom is 0.216 e. The largest absolute Gasteiger partial charge is 0.341 e. The van der Waals surface area contributed by atoms with E-state index in [9.17, 15) is 13.7 Å². The molecule has 4 nitrogen and oxygen atoms in total. The molecule has 0 aliphatic rings. The molecule has 5 heteroatoms. The van der Waals surface area contributed by atoms with E-state index in [2.05, 4.69) is 23.6 Å². The summed E-state index contributed by atoms with van der Waals surface area (Å²) in [5.74, 6) is 0. The minimum absolute atomic E-state index is 0.117. The molecular weight excluding hydrogens is 368 g/mol. The highest BCUT2D eigenvalue weighted by atomic mass is 32.2. The van der Waals surface area contributed by atoms with Crippen LogP contribution in [0.5, 0.6) is 0 Å². The summed E-state index contributed by atoms with van der Waals surface area (Å²) < 4.78 is 27.8. The molecule has 28 heavy (non-hydrogen) atoms. The summed E-state index contributed by atoms with van der Waals surface area (Å²) in [6.07, 6.45) is 1.44. The molecule has 4 aromatic rings. The van der Waals surface area contributed by atoms with Gasteiger partial charge in [-0.1, -0.05) is 42.5 Å². The summed E-state index contributed by atoms with van der Waals surface area (Å²) >= 11 is 0. The van der Waals surface area contributed by atoms with Crippen LogP contribution in [0.25, 0.3) is 27.9 Å². The Labute approximate surface area is 163 Å². The Morgan fingerprint density at radius 3 is 2.36 bits per heavy atom. The number of hydrogen-bond donors (Lipinski definition) is 0. The molecule has 0 aliphatic heterocycles. The van der Waals surface area contributed by atoms with Gasteiger partial charge in [-0.05, 0) is 48.9 Å². The first-order valence-corrected chi connectivity index (χ1v) is 10.5. The molecule has 0 unspecified atom stereocenters. The van der Waals surface area contributed by atoms with Crippen molar-refractivity contribution >= 4 is 37.7 Å². The molecule has 1 heterocycles. The average Bonchev–Trinajstić information content (AvgIpc) is 3.05. The van der Waals surface area contributed by atoms with Crippen molar-refractivity contribution in [3.05, 3.63) is 83.3 Å². The van der Waals surface area contributed by atoms with Crippen molar-refractivity contribution in [2.45, 2.75) is 18.4 Å². The number of sulfone groups is 1. The van der Waals surface area contributed by atoms with Crippen molar-refractivity contribution in [1.29, 1.82) is 5.26 Å². The van der Waals surface area contributed by atoms with Crippen LogP contribution in [-0.4, -0.2) is 13.0 Å². The van der Waals surface area contributed by atoms with Gasteiger partial charge in [0.25, 0.3) is 0 Å². The van der Waals surface area contributed by atoms with Crippen LogP contribution in [0.4, 0.5) is 0 Å². The van der Waals surface area contributed by atoms with Crippen LogP contribution in [0.2, 0.25) is 0 Å². The van der Waals surface area contributed by atoms with Crippen molar-refractivity contribution in [2.24, 2.45) is 0 Å². The smallest absolute Gasteiger partial charge is 0.216 e. The molecule has 0 N–H and O–H groups in total. The highest BCUT2D eigenvalue weighted by molar-refractivity contribution is 7.95. The third-order valence-electron chi connectivity index (χ3n) is 4.86. The first kappa shape index (κ1) is 18.0. The zero-order valence-electron chi connectivity index (χ0n) is 15.3. The molecule has 4 rings (SSSR count). The second-order valence-corrected chi connectivity index (χ2v) is 8.39. The van der Waals surface area contributed by atoms with Gasteiger partial charge in [0.2, 0.25) is 9.84 Å². The zero-order chi connectivity index (χ0) is 19.7. The number of allylic oxidation sites excluding steroid dienone is 1. The van der Waals surface area contributed by atoms with Gasteiger partial charge in [0.1, 0.15) is 11.0 Å². The van der Waals surface area contributed by atoms with E-state index >= 15 is 0 Å². The van der Waals surface area contributed by atoms with Crippen molar-refractivity contribution in [1.82, 2.24) is 4.57 Å². The number of rotatable bonds is 4. The molecule has 0 atom stereocenters. The van der Waals surface area contributed by atoms with Gasteiger partial charge in [0, 0.05) is 28.4 Å². The van der Waals surface area contributed by atoms with Crippen LogP contribution in [0.15, 0.2) is 82.6 Å². The monoisotopic (exact) mass is 386 g/mol. The topological polar surface area (TPSA) is 62.9 Å². The maximum absolute atomic E-state index is 12.8. The van der Waals surface area contributed by atoms with Crippen molar-refractivity contribution in [2.75, 3.05) is 0 Å². The summed E-state index contributed by atoms with van der Waals surface area (Å²) in [4.78, 5) is -0.149. The third kappa shape index (κ3) is 2.88. The highest BCUT2D eigenvalue weighted by Gasteiger charge is 2.20. The van der Waals surface area contributed by atoms with E-state index in [1.54, 1.807) is 18.2 Å². The van der Waals surface area contributed by atoms with E-state index in [1.165, 1.54) is 18.2 Å². The number of benzene rings is 3. The fourth-order valence-electron chi connectivity index (χ4n) is 3.55. The van der Waals surface area contributed by atoms with Crippen molar-refractivity contribution in [3.63, 3.8) is 0 Å². The minimum atomic E-state index is -3.85. The number of fused-ring (bicyclic) bond motifs is 3. The lowest BCUT2D eigenvalue weighted by Crippen LogP contribution is -2.03. The Kier molecular flexibility index (Phi) is 4.50. The van der Waals surface area contributed by atoms with E-state index in [0.29, 0.717) is 5.56 Å². The molecule has 0 fully saturated rings. The SMILES string of the molecule is CCn1c2ccccc2c2cc(C=C(C#N)S(=O)(=O)c3ccccc3)ccc21. The number of nitriles is 1. The lowest BCUT2D eigenvalue weighted by Gasteiger charge is -2.04. The van der Waals surface area contributed by atoms with Crippen molar-refractivity contribution < 1.29 is 8.42 Å². The predicted octanol–water partition coefficient (Wildman–Crippen LogP) is 5.15. The number of aromatic nitrogens is 1. The van der Waals surface area contributed by atoms with Crippen LogP contribution >= 0.6 is 0 Å². The lowest BCUT2D eigenvalue weighted by atomic mass is 10.1. The first-order valence-electron chi connectivity index (χ1n) is 8.99. The van der Waals surface area contributed by atoms with Gasteiger partial charge in [0.05, 0.1) is 4.90 Å². The van der Waals surface area contributed by atoms with E-state index in [1.807, 2.05) is 36.4 Å². The van der Waals surface area contributed by atoms with Crippen LogP contribution in [0.3, 0.4) is 0 Å². The van der Waals surface area contributed by atoms with Gasteiger partial charge in [-0.15, -0.1) is 0 Å². The Morgan fingerprint density at radius 2 is 1.64 bits per heavy atom. The Hall–Kier alpha value is -3.36. The first-order chi connectivity index (χ1) is 13.6. The molecule has 0 spiro atoms. The Morgan fingerprint density at radius 1 is 0.964 bits per heavy atom. The fourth-order valence-corrected chi connectivity index (χ4v) is 4.73. The molecule has 0 aliphatic carbocycles. The molecule has 0 saturated carbocycles. The summed E-state index contributed by atoms with van der Waals surface area (Å²) in [5, 5.41) is 11.7. The molecule has 0 bridgehead atoms. The minimum Gasteiger partial charge on any atom is -0.341 e. The van der Waals surface area contributed by atoms with E-state index in [4.69, 9.17) is 0 Å². The fraction of sp³-hybridized carbons (Fsp3) is 0.0870. The summed E-state index contributed by atoms with van der Waals surface area (Å²) in [7, 11) is -3.85. The molecule has 0 saturated heterocycles. The standard InChI is InChI=1S/C23H18N2O2S/c1-2-25-22-11-7-6-10-20(22)21-15-17(12-13-23(21)25)14-19(16-24)28(26,27)18-8-4-3-5-9-18/h3-15H,2H2,1H3. The van der Waals surface area contributed by atoms with Gasteiger partial charge in [-0.3, -0.25) is 0 Å². The van der Waals surface area contributed by atoms with Gasteiger partial charge in [-0.2, -0.15) is 5.26 Å². The van der Waals surface area contributed by atoms with Crippen LogP contribution < -0.4 is 0 Å². The summed E-state index contributed by atoms with van der Waals surface area (Å²) in [6, 6.07) is 23.8. The molecular formula is C23H18N2O2S. The average molecular weight is 386 g/mol. The molecule has 138 valence electrons. The van der Waals surface area contributed by atoms with Crippen molar-refractivity contribution in [3.8, 4) is 6.07 Å². The Bertz CT molecular complexity index is 1360. The second-order valence-electron chi connectivity index (χ2n) is 6.47. The third-order valence-corrected chi connectivity index (χ3v) is 6.54. The van der Waals surface area contributed by atoms with Crippen LogP contribution in [0.1, 0.15) is 12.5 Å². The van der Waals surface area contributed by atoms with E-state index in [-0.39, 0.29) is 9.80 Å². The van der Waals surface area contributed by atoms with E-state index in [0.717, 1.165) is 28.4 Å². The normalized spacial score (nSPS) is 12.4. The highest BCUT2D eigenvalue weighted by Crippen LogP contribution is 2.30. The lowest BCUT2D eigenvalue weighted by molar-refractivity contribution is 0.603. The van der Waals surface area contributed by atoms with Crippen LogP contribution in [-0.2, 0) is 16.4 Å². The second kappa shape index (κ2) is 6.99. The molecule has 1 aromatic heterocycles. The summed E-state index contributed by atoms with van der Waals surface area (Å²) in [5.41, 5.74) is 2.91. The van der Waals surface area contributed by atoms with Gasteiger partial charge in [0.15, 0.2) is 0 Å². The predicted molar refractivity (Wildman–Crippen MR) is 112 cm³/mol. The number of aryl methyl sites for hydroxylation is 1. The Balaban J connectivity index is 1.90. The zero-order valence-corrected chi connectivity index (χ0v) is 16.1. The molecule has 0 radical (unpaired) electrons. The van der Waals surface area contributed by atoms with Gasteiger partial charge >= 0.3 is 0 Å². The van der Waals surface area contributed by atoms with E-state index < -0.39 is 9.84 Å². The number of para-hydroxylation sites is 1. The van der Waals surface area contributed by atoms with Gasteiger partial charge in [-0.25, -0.2) is 8.42 Å². The maximum atomic E-state index is 12.8. The summed E-state index contributed by atoms with van der Waals surface area (Å²) in [6.45, 7) is 2.94. The molecule has 0 amide bonds. The van der Waals surface area contributed by atoms with Gasteiger partial charge < -0.3 is 4.57 Å². The number of nitrogens with zero attached hydrogens (tertiary/aromatic N) is 2.